The second-order valence-corrected chi connectivity index (χ2v) is 4.97. The molecule has 0 aliphatic rings. The van der Waals surface area contributed by atoms with Crippen molar-refractivity contribution in [2.75, 3.05) is 7.11 Å². The Bertz CT molecular complexity index is 759. The minimum absolute atomic E-state index is 0.429. The molecule has 0 spiro atoms. The molecule has 0 fully saturated rings. The molecule has 0 unspecified atom stereocenters. The number of hydrogen-bond donors (Lipinski definition) is 0. The molecular weight excluding hydrogens is 286 g/mol. The molecule has 2 aromatic carbocycles. The van der Waals surface area contributed by atoms with Gasteiger partial charge in [-0.3, -0.25) is 0 Å². The molecule has 3 nitrogen and oxygen atoms in total. The molecular formula is C17H14ClNO2. The molecule has 1 aromatic heterocycles. The first kappa shape index (κ1) is 13.7. The standard InChI is InChI=1S/C17H14ClNO2/c1-20-14-7-8-15-13(9-14)10-16(19-17(15)18)21-11-12-5-3-2-4-6-12/h2-10H,11H2,1H3. The van der Waals surface area contributed by atoms with Gasteiger partial charge in [0, 0.05) is 11.5 Å². The molecule has 0 aliphatic heterocycles. The molecule has 0 radical (unpaired) electrons. The van der Waals surface area contributed by atoms with Gasteiger partial charge >= 0.3 is 0 Å². The topological polar surface area (TPSA) is 31.4 Å². The maximum Gasteiger partial charge on any atom is 0.215 e. The van der Waals surface area contributed by atoms with Crippen molar-refractivity contribution in [3.8, 4) is 11.6 Å². The number of rotatable bonds is 4. The summed E-state index contributed by atoms with van der Waals surface area (Å²) in [4.78, 5) is 4.27. The van der Waals surface area contributed by atoms with Crippen LogP contribution in [0.25, 0.3) is 10.8 Å². The fourth-order valence-corrected chi connectivity index (χ4v) is 2.36. The lowest BCUT2D eigenvalue weighted by molar-refractivity contribution is 0.294. The Hall–Kier alpha value is -2.26. The number of halogens is 1. The van der Waals surface area contributed by atoms with E-state index in [1.807, 2.05) is 54.6 Å². The smallest absolute Gasteiger partial charge is 0.215 e. The fraction of sp³-hybridized carbons (Fsp3) is 0.118. The largest absolute Gasteiger partial charge is 0.497 e. The van der Waals surface area contributed by atoms with Crippen LogP contribution in [-0.4, -0.2) is 12.1 Å². The molecule has 0 N–H and O–H groups in total. The average molecular weight is 300 g/mol. The summed E-state index contributed by atoms with van der Waals surface area (Å²) in [7, 11) is 1.64. The van der Waals surface area contributed by atoms with Gasteiger partial charge < -0.3 is 9.47 Å². The van der Waals surface area contributed by atoms with Crippen LogP contribution in [0.4, 0.5) is 0 Å². The van der Waals surface area contributed by atoms with Crippen molar-refractivity contribution < 1.29 is 9.47 Å². The summed E-state index contributed by atoms with van der Waals surface area (Å²) >= 11 is 6.21. The van der Waals surface area contributed by atoms with Crippen LogP contribution in [0, 0.1) is 0 Å². The zero-order valence-electron chi connectivity index (χ0n) is 11.5. The van der Waals surface area contributed by atoms with E-state index < -0.39 is 0 Å². The first-order valence-electron chi connectivity index (χ1n) is 6.57. The van der Waals surface area contributed by atoms with Crippen molar-refractivity contribution in [2.24, 2.45) is 0 Å². The van der Waals surface area contributed by atoms with E-state index in [9.17, 15) is 0 Å². The molecule has 1 heterocycles. The van der Waals surface area contributed by atoms with E-state index in [0.29, 0.717) is 17.6 Å². The Labute approximate surface area is 128 Å². The van der Waals surface area contributed by atoms with E-state index in [2.05, 4.69) is 4.98 Å². The average Bonchev–Trinajstić information content (AvgIpc) is 2.53. The van der Waals surface area contributed by atoms with Gasteiger partial charge in [0.15, 0.2) is 0 Å². The quantitative estimate of drug-likeness (QED) is 0.666. The van der Waals surface area contributed by atoms with Crippen molar-refractivity contribution >= 4 is 22.4 Å². The summed E-state index contributed by atoms with van der Waals surface area (Å²) in [6.07, 6.45) is 0. The molecule has 3 aromatic rings. The Morgan fingerprint density at radius 1 is 1.05 bits per heavy atom. The maximum absolute atomic E-state index is 6.21. The van der Waals surface area contributed by atoms with E-state index in [4.69, 9.17) is 21.1 Å². The highest BCUT2D eigenvalue weighted by Crippen LogP contribution is 2.29. The molecule has 0 saturated heterocycles. The molecule has 0 bridgehead atoms. The second kappa shape index (κ2) is 6.02. The van der Waals surface area contributed by atoms with E-state index in [1.54, 1.807) is 7.11 Å². The molecule has 0 amide bonds. The molecule has 21 heavy (non-hydrogen) atoms. The van der Waals surface area contributed by atoms with Crippen LogP contribution < -0.4 is 9.47 Å². The van der Waals surface area contributed by atoms with E-state index >= 15 is 0 Å². The molecule has 106 valence electrons. The predicted octanol–water partition coefficient (Wildman–Crippen LogP) is 4.48. The van der Waals surface area contributed by atoms with Crippen LogP contribution in [0.3, 0.4) is 0 Å². The van der Waals surface area contributed by atoms with Crippen LogP contribution in [-0.2, 0) is 6.61 Å². The zero-order chi connectivity index (χ0) is 14.7. The first-order chi connectivity index (χ1) is 10.3. The fourth-order valence-electron chi connectivity index (χ4n) is 2.10. The van der Waals surface area contributed by atoms with Crippen LogP contribution in [0.1, 0.15) is 5.56 Å². The summed E-state index contributed by atoms with van der Waals surface area (Å²) in [5.41, 5.74) is 1.08. The number of pyridine rings is 1. The number of aromatic nitrogens is 1. The Morgan fingerprint density at radius 2 is 1.86 bits per heavy atom. The third kappa shape index (κ3) is 3.09. The number of methoxy groups -OCH3 is 1. The Morgan fingerprint density at radius 3 is 2.62 bits per heavy atom. The van der Waals surface area contributed by atoms with Gasteiger partial charge in [-0.1, -0.05) is 41.9 Å². The normalized spacial score (nSPS) is 10.6. The lowest BCUT2D eigenvalue weighted by Crippen LogP contribution is -1.97. The number of ether oxygens (including phenoxy) is 2. The summed E-state index contributed by atoms with van der Waals surface area (Å²) in [6, 6.07) is 17.5. The Kier molecular flexibility index (Phi) is 3.93. The zero-order valence-corrected chi connectivity index (χ0v) is 12.3. The van der Waals surface area contributed by atoms with Crippen LogP contribution >= 0.6 is 11.6 Å². The second-order valence-electron chi connectivity index (χ2n) is 4.61. The van der Waals surface area contributed by atoms with E-state index in [0.717, 1.165) is 22.1 Å². The van der Waals surface area contributed by atoms with Crippen molar-refractivity contribution in [1.29, 1.82) is 0 Å². The van der Waals surface area contributed by atoms with Gasteiger partial charge in [0.2, 0.25) is 5.88 Å². The SMILES string of the molecule is COc1ccc2c(Cl)nc(OCc3ccccc3)cc2c1. The summed E-state index contributed by atoms with van der Waals surface area (Å²) in [5, 5.41) is 2.25. The van der Waals surface area contributed by atoms with Crippen molar-refractivity contribution in [2.45, 2.75) is 6.61 Å². The molecule has 0 aliphatic carbocycles. The Balaban J connectivity index is 1.88. The van der Waals surface area contributed by atoms with Gasteiger partial charge in [0.05, 0.1) is 7.11 Å². The minimum atomic E-state index is 0.429. The van der Waals surface area contributed by atoms with Gasteiger partial charge in [-0.05, 0) is 29.1 Å². The maximum atomic E-state index is 6.21. The molecule has 4 heteroatoms. The molecule has 0 atom stereocenters. The third-order valence-corrected chi connectivity index (χ3v) is 3.49. The van der Waals surface area contributed by atoms with Crippen LogP contribution in [0.2, 0.25) is 5.15 Å². The van der Waals surface area contributed by atoms with Crippen molar-refractivity contribution in [3.05, 3.63) is 65.3 Å². The third-order valence-electron chi connectivity index (χ3n) is 3.20. The van der Waals surface area contributed by atoms with Crippen molar-refractivity contribution in [1.82, 2.24) is 4.98 Å². The summed E-state index contributed by atoms with van der Waals surface area (Å²) in [6.45, 7) is 0.458. The number of nitrogens with zero attached hydrogens (tertiary/aromatic N) is 1. The highest BCUT2D eigenvalue weighted by molar-refractivity contribution is 6.34. The summed E-state index contributed by atoms with van der Waals surface area (Å²) in [5.74, 6) is 1.28. The minimum Gasteiger partial charge on any atom is -0.497 e. The van der Waals surface area contributed by atoms with Gasteiger partial charge in [-0.15, -0.1) is 0 Å². The van der Waals surface area contributed by atoms with Crippen LogP contribution in [0.5, 0.6) is 11.6 Å². The van der Waals surface area contributed by atoms with Gasteiger partial charge in [-0.25, -0.2) is 4.98 Å². The highest BCUT2D eigenvalue weighted by atomic mass is 35.5. The first-order valence-corrected chi connectivity index (χ1v) is 6.95. The number of benzene rings is 2. The monoisotopic (exact) mass is 299 g/mol. The lowest BCUT2D eigenvalue weighted by atomic mass is 10.1. The van der Waals surface area contributed by atoms with E-state index in [1.165, 1.54) is 0 Å². The predicted molar refractivity (Wildman–Crippen MR) is 84.1 cm³/mol. The van der Waals surface area contributed by atoms with E-state index in [-0.39, 0.29) is 0 Å². The number of hydrogen-bond acceptors (Lipinski definition) is 3. The van der Waals surface area contributed by atoms with Gasteiger partial charge in [-0.2, -0.15) is 0 Å². The molecule has 3 rings (SSSR count). The highest BCUT2D eigenvalue weighted by Gasteiger charge is 2.06. The molecule has 0 saturated carbocycles. The van der Waals surface area contributed by atoms with Crippen LogP contribution in [0.15, 0.2) is 54.6 Å². The van der Waals surface area contributed by atoms with Gasteiger partial charge in [0.1, 0.15) is 17.5 Å². The number of fused-ring (bicyclic) bond motifs is 1. The van der Waals surface area contributed by atoms with Gasteiger partial charge in [0.25, 0.3) is 0 Å². The lowest BCUT2D eigenvalue weighted by Gasteiger charge is -2.09. The summed E-state index contributed by atoms with van der Waals surface area (Å²) < 4.78 is 10.9. The van der Waals surface area contributed by atoms with Crippen molar-refractivity contribution in [3.63, 3.8) is 0 Å².